The van der Waals surface area contributed by atoms with Crippen LogP contribution in [-0.4, -0.2) is 19.6 Å². The lowest BCUT2D eigenvalue weighted by Crippen LogP contribution is -2.02. The summed E-state index contributed by atoms with van der Waals surface area (Å²) in [4.78, 5) is 4.39. The average Bonchev–Trinajstić information content (AvgIpc) is 3.09. The maximum Gasteiger partial charge on any atom is 0.315 e. The van der Waals surface area contributed by atoms with Gasteiger partial charge in [0.25, 0.3) is 0 Å². The van der Waals surface area contributed by atoms with E-state index in [2.05, 4.69) is 46.5 Å². The van der Waals surface area contributed by atoms with E-state index in [1.165, 1.54) is 5.56 Å². The maximum atomic E-state index is 5.55. The number of fused-ring (bicyclic) bond motifs is 1. The topological polar surface area (TPSA) is 68.2 Å². The fourth-order valence-corrected chi connectivity index (χ4v) is 2.19. The molecule has 110 valence electrons. The summed E-state index contributed by atoms with van der Waals surface area (Å²) in [6.07, 6.45) is 6.89. The van der Waals surface area contributed by atoms with Crippen LogP contribution in [0.5, 0.6) is 0 Å². The predicted octanol–water partition coefficient (Wildman–Crippen LogP) is 2.98. The van der Waals surface area contributed by atoms with Gasteiger partial charge < -0.3 is 14.1 Å². The Balaban J connectivity index is 1.67. The van der Waals surface area contributed by atoms with Gasteiger partial charge in [-0.15, -0.1) is 5.10 Å². The number of imidazole rings is 1. The molecule has 0 aliphatic carbocycles. The van der Waals surface area contributed by atoms with E-state index in [-0.39, 0.29) is 0 Å². The number of nitrogens with one attached hydrogen (secondary N) is 1. The Morgan fingerprint density at radius 2 is 2.24 bits per heavy atom. The van der Waals surface area contributed by atoms with Crippen molar-refractivity contribution in [3.05, 3.63) is 41.7 Å². The van der Waals surface area contributed by atoms with E-state index in [1.54, 1.807) is 0 Å². The summed E-state index contributed by atoms with van der Waals surface area (Å²) in [7, 11) is 0. The van der Waals surface area contributed by atoms with E-state index in [0.29, 0.717) is 18.5 Å². The van der Waals surface area contributed by atoms with Crippen molar-refractivity contribution in [2.24, 2.45) is 0 Å². The molecule has 21 heavy (non-hydrogen) atoms. The molecular formula is C15H19N5O. The second-order valence-corrected chi connectivity index (χ2v) is 5.14. The summed E-state index contributed by atoms with van der Waals surface area (Å²) in [5, 5.41) is 11.2. The number of aromatic nitrogens is 4. The first-order valence-corrected chi connectivity index (χ1v) is 7.25. The summed E-state index contributed by atoms with van der Waals surface area (Å²) >= 11 is 0. The molecule has 0 spiro atoms. The van der Waals surface area contributed by atoms with Gasteiger partial charge in [-0.3, -0.25) is 0 Å². The van der Waals surface area contributed by atoms with Crippen molar-refractivity contribution in [2.45, 2.75) is 39.7 Å². The zero-order chi connectivity index (χ0) is 14.7. The van der Waals surface area contributed by atoms with Crippen LogP contribution in [0.25, 0.3) is 5.65 Å². The first kappa shape index (κ1) is 13.6. The third-order valence-electron chi connectivity index (χ3n) is 3.38. The van der Waals surface area contributed by atoms with Crippen molar-refractivity contribution in [3.8, 4) is 0 Å². The Morgan fingerprint density at radius 3 is 3.10 bits per heavy atom. The van der Waals surface area contributed by atoms with Crippen molar-refractivity contribution in [2.75, 3.05) is 5.32 Å². The van der Waals surface area contributed by atoms with Crippen LogP contribution in [0.1, 0.15) is 36.9 Å². The van der Waals surface area contributed by atoms with Crippen LogP contribution in [0.3, 0.4) is 0 Å². The van der Waals surface area contributed by atoms with Gasteiger partial charge >= 0.3 is 6.01 Å². The number of hydrogen-bond acceptors (Lipinski definition) is 5. The van der Waals surface area contributed by atoms with E-state index in [9.17, 15) is 0 Å². The summed E-state index contributed by atoms with van der Waals surface area (Å²) in [5.74, 6) is 0.688. The molecule has 0 saturated heterocycles. The van der Waals surface area contributed by atoms with E-state index in [0.717, 1.165) is 30.6 Å². The van der Waals surface area contributed by atoms with E-state index in [4.69, 9.17) is 4.42 Å². The zero-order valence-electron chi connectivity index (χ0n) is 12.3. The Kier molecular flexibility index (Phi) is 3.85. The third kappa shape index (κ3) is 3.04. The molecule has 6 nitrogen and oxygen atoms in total. The molecule has 6 heteroatoms. The van der Waals surface area contributed by atoms with Gasteiger partial charge in [0.1, 0.15) is 5.65 Å². The van der Waals surface area contributed by atoms with Gasteiger partial charge in [0.05, 0.1) is 18.4 Å². The summed E-state index contributed by atoms with van der Waals surface area (Å²) in [6, 6.07) is 4.58. The standard InChI is InChI=1S/C15H19N5O/c1-3-4-5-14-18-19-15(21-14)17-10-12-9-16-13-8-11(2)6-7-20(12)13/h6-9H,3-5,10H2,1-2H3,(H,17,19). The number of aryl methyl sites for hydroxylation is 2. The molecule has 3 heterocycles. The summed E-state index contributed by atoms with van der Waals surface area (Å²) < 4.78 is 7.60. The minimum absolute atomic E-state index is 0.461. The van der Waals surface area contributed by atoms with E-state index in [1.807, 2.05) is 16.8 Å². The molecule has 0 fully saturated rings. The fourth-order valence-electron chi connectivity index (χ4n) is 2.19. The quantitative estimate of drug-likeness (QED) is 0.754. The Morgan fingerprint density at radius 1 is 1.33 bits per heavy atom. The molecule has 0 bridgehead atoms. The number of anilines is 1. The van der Waals surface area contributed by atoms with Gasteiger partial charge in [-0.05, 0) is 31.0 Å². The summed E-state index contributed by atoms with van der Waals surface area (Å²) in [5.41, 5.74) is 3.20. The van der Waals surface area contributed by atoms with Crippen molar-refractivity contribution >= 4 is 11.7 Å². The molecule has 0 amide bonds. The monoisotopic (exact) mass is 285 g/mol. The van der Waals surface area contributed by atoms with Gasteiger partial charge in [0, 0.05) is 12.6 Å². The van der Waals surface area contributed by atoms with Crippen molar-refractivity contribution in [1.29, 1.82) is 0 Å². The third-order valence-corrected chi connectivity index (χ3v) is 3.38. The molecule has 0 saturated carbocycles. The van der Waals surface area contributed by atoms with Crippen molar-refractivity contribution in [1.82, 2.24) is 19.6 Å². The van der Waals surface area contributed by atoms with Gasteiger partial charge in [0.15, 0.2) is 0 Å². The van der Waals surface area contributed by atoms with Crippen LogP contribution in [-0.2, 0) is 13.0 Å². The average molecular weight is 285 g/mol. The number of unbranched alkanes of at least 4 members (excludes halogenated alkanes) is 1. The smallest absolute Gasteiger partial charge is 0.315 e. The maximum absolute atomic E-state index is 5.55. The Labute approximate surface area is 123 Å². The molecule has 3 rings (SSSR count). The lowest BCUT2D eigenvalue weighted by atomic mass is 10.2. The SMILES string of the molecule is CCCCc1nnc(NCc2cnc3cc(C)ccn23)o1. The summed E-state index contributed by atoms with van der Waals surface area (Å²) in [6.45, 7) is 4.80. The molecule has 3 aromatic rings. The van der Waals surface area contributed by atoms with Crippen LogP contribution >= 0.6 is 0 Å². The van der Waals surface area contributed by atoms with Gasteiger partial charge in [-0.2, -0.15) is 0 Å². The van der Waals surface area contributed by atoms with Crippen LogP contribution < -0.4 is 5.32 Å². The first-order valence-electron chi connectivity index (χ1n) is 7.25. The predicted molar refractivity (Wildman–Crippen MR) is 80.2 cm³/mol. The minimum atomic E-state index is 0.461. The Bertz CT molecular complexity index is 731. The molecule has 0 radical (unpaired) electrons. The fraction of sp³-hybridized carbons (Fsp3) is 0.400. The zero-order valence-corrected chi connectivity index (χ0v) is 12.3. The van der Waals surface area contributed by atoms with Crippen LogP contribution in [0.15, 0.2) is 28.9 Å². The first-order chi connectivity index (χ1) is 10.3. The number of pyridine rings is 1. The number of hydrogen-bond donors (Lipinski definition) is 1. The lowest BCUT2D eigenvalue weighted by Gasteiger charge is -2.02. The highest BCUT2D eigenvalue weighted by molar-refractivity contribution is 5.43. The highest BCUT2D eigenvalue weighted by atomic mass is 16.4. The van der Waals surface area contributed by atoms with E-state index >= 15 is 0 Å². The van der Waals surface area contributed by atoms with Crippen LogP contribution in [0.4, 0.5) is 6.01 Å². The van der Waals surface area contributed by atoms with Crippen molar-refractivity contribution < 1.29 is 4.42 Å². The van der Waals surface area contributed by atoms with Crippen LogP contribution in [0, 0.1) is 6.92 Å². The molecule has 0 unspecified atom stereocenters. The number of nitrogens with zero attached hydrogens (tertiary/aromatic N) is 4. The van der Waals surface area contributed by atoms with Crippen LogP contribution in [0.2, 0.25) is 0 Å². The molecule has 0 aliphatic heterocycles. The molecule has 0 atom stereocenters. The lowest BCUT2D eigenvalue weighted by molar-refractivity contribution is 0.494. The molecule has 0 aliphatic rings. The van der Waals surface area contributed by atoms with Gasteiger partial charge in [0.2, 0.25) is 5.89 Å². The molecular weight excluding hydrogens is 266 g/mol. The Hall–Kier alpha value is -2.37. The molecule has 0 aromatic carbocycles. The van der Waals surface area contributed by atoms with Gasteiger partial charge in [-0.1, -0.05) is 18.4 Å². The second kappa shape index (κ2) is 5.95. The normalized spacial score (nSPS) is 11.1. The molecule has 1 N–H and O–H groups in total. The van der Waals surface area contributed by atoms with Crippen molar-refractivity contribution in [3.63, 3.8) is 0 Å². The molecule has 3 aromatic heterocycles. The largest absolute Gasteiger partial charge is 0.408 e. The van der Waals surface area contributed by atoms with Gasteiger partial charge in [-0.25, -0.2) is 4.98 Å². The highest BCUT2D eigenvalue weighted by Gasteiger charge is 2.07. The highest BCUT2D eigenvalue weighted by Crippen LogP contribution is 2.12. The van der Waals surface area contributed by atoms with E-state index < -0.39 is 0 Å². The number of rotatable bonds is 6. The second-order valence-electron chi connectivity index (χ2n) is 5.14. The minimum Gasteiger partial charge on any atom is -0.408 e.